The van der Waals surface area contributed by atoms with Gasteiger partial charge in [0.2, 0.25) is 5.70 Å². The largest absolute Gasteiger partial charge is 0.259 e. The van der Waals surface area contributed by atoms with E-state index in [-0.39, 0.29) is 15.7 Å². The fraction of sp³-hybridized carbons (Fsp3) is 0.926. The lowest BCUT2D eigenvalue weighted by molar-refractivity contribution is -0.434. The SMILES string of the molecule is CC(C)CCC[C@H](C)[C@H]1CC[C@H]2[C@H]3CC([N+](=O)[O-])=C4C[C@@H](Cl)CC[C@]4(C)[C@@H]3CC[C@]12C. The molecule has 3 nitrogen and oxygen atoms in total. The smallest absolute Gasteiger partial charge is 0.246 e. The summed E-state index contributed by atoms with van der Waals surface area (Å²) in [5, 5.41) is 12.2. The highest BCUT2D eigenvalue weighted by atomic mass is 35.5. The fourth-order valence-electron chi connectivity index (χ4n) is 8.94. The topological polar surface area (TPSA) is 43.1 Å². The van der Waals surface area contributed by atoms with E-state index in [1.165, 1.54) is 44.9 Å². The monoisotopic (exact) mass is 449 g/mol. The summed E-state index contributed by atoms with van der Waals surface area (Å²) in [6, 6.07) is 0. The molecule has 3 saturated carbocycles. The zero-order valence-corrected chi connectivity index (χ0v) is 21.2. The van der Waals surface area contributed by atoms with E-state index >= 15 is 0 Å². The summed E-state index contributed by atoms with van der Waals surface area (Å²) in [5.41, 5.74) is 2.04. The first-order chi connectivity index (χ1) is 14.6. The first-order valence-corrected chi connectivity index (χ1v) is 13.5. The first-order valence-electron chi connectivity index (χ1n) is 13.1. The van der Waals surface area contributed by atoms with Gasteiger partial charge in [-0.1, -0.05) is 53.9 Å². The molecular formula is C27H44ClNO2. The minimum atomic E-state index is -0.0361. The normalized spacial score (nSPS) is 43.4. The van der Waals surface area contributed by atoms with Crippen LogP contribution in [-0.4, -0.2) is 10.3 Å². The second kappa shape index (κ2) is 8.65. The highest BCUT2D eigenvalue weighted by Gasteiger charge is 2.61. The Morgan fingerprint density at radius 2 is 1.77 bits per heavy atom. The summed E-state index contributed by atoms with van der Waals surface area (Å²) in [5.74, 6) is 4.13. The van der Waals surface area contributed by atoms with Crippen molar-refractivity contribution in [3.63, 3.8) is 0 Å². The van der Waals surface area contributed by atoms with E-state index < -0.39 is 0 Å². The lowest BCUT2D eigenvalue weighted by Crippen LogP contribution is -2.52. The van der Waals surface area contributed by atoms with Gasteiger partial charge in [-0.2, -0.15) is 0 Å². The van der Waals surface area contributed by atoms with Gasteiger partial charge in [-0.25, -0.2) is 0 Å². The summed E-state index contributed by atoms with van der Waals surface area (Å²) in [4.78, 5) is 12.1. The highest BCUT2D eigenvalue weighted by molar-refractivity contribution is 6.20. The third kappa shape index (κ3) is 4.00. The van der Waals surface area contributed by atoms with Crippen LogP contribution in [0.5, 0.6) is 0 Å². The molecule has 0 heterocycles. The third-order valence-corrected chi connectivity index (χ3v) is 10.9. The second-order valence-corrected chi connectivity index (χ2v) is 13.2. The molecule has 4 rings (SSSR count). The van der Waals surface area contributed by atoms with E-state index in [0.29, 0.717) is 35.3 Å². The maximum atomic E-state index is 12.2. The van der Waals surface area contributed by atoms with E-state index in [0.717, 1.165) is 42.6 Å². The van der Waals surface area contributed by atoms with Gasteiger partial charge in [0.05, 0.1) is 4.92 Å². The van der Waals surface area contributed by atoms with Crippen LogP contribution in [0.15, 0.2) is 11.3 Å². The summed E-state index contributed by atoms with van der Waals surface area (Å²) in [7, 11) is 0. The van der Waals surface area contributed by atoms with E-state index in [9.17, 15) is 10.1 Å². The zero-order chi connectivity index (χ0) is 22.6. The average molecular weight is 450 g/mol. The van der Waals surface area contributed by atoms with Crippen molar-refractivity contribution in [2.45, 2.75) is 111 Å². The highest BCUT2D eigenvalue weighted by Crippen LogP contribution is 2.68. The molecule has 0 amide bonds. The van der Waals surface area contributed by atoms with E-state index in [1.807, 2.05) is 0 Å². The van der Waals surface area contributed by atoms with Crippen LogP contribution >= 0.6 is 11.6 Å². The van der Waals surface area contributed by atoms with Crippen molar-refractivity contribution in [2.24, 2.45) is 46.3 Å². The minimum absolute atomic E-state index is 0.000985. The molecule has 0 spiro atoms. The maximum absolute atomic E-state index is 12.2. The molecule has 4 heteroatoms. The molecule has 0 N–H and O–H groups in total. The zero-order valence-electron chi connectivity index (χ0n) is 20.5. The van der Waals surface area contributed by atoms with Crippen molar-refractivity contribution in [3.05, 3.63) is 21.4 Å². The van der Waals surface area contributed by atoms with Crippen LogP contribution < -0.4 is 0 Å². The lowest BCUT2D eigenvalue weighted by Gasteiger charge is -2.58. The number of nitro groups is 1. The van der Waals surface area contributed by atoms with Crippen molar-refractivity contribution >= 4 is 11.6 Å². The maximum Gasteiger partial charge on any atom is 0.246 e. The second-order valence-electron chi connectivity index (χ2n) is 12.6. The molecule has 0 bridgehead atoms. The van der Waals surface area contributed by atoms with Crippen LogP contribution in [-0.2, 0) is 0 Å². The van der Waals surface area contributed by atoms with Crippen LogP contribution in [0.3, 0.4) is 0 Å². The number of allylic oxidation sites excluding steroid dienone is 2. The van der Waals surface area contributed by atoms with Crippen LogP contribution in [0.25, 0.3) is 0 Å². The van der Waals surface area contributed by atoms with Crippen molar-refractivity contribution < 1.29 is 4.92 Å². The number of nitrogens with zero attached hydrogens (tertiary/aromatic N) is 1. The fourth-order valence-corrected chi connectivity index (χ4v) is 9.20. The third-order valence-electron chi connectivity index (χ3n) is 10.5. The molecule has 4 aliphatic rings. The number of hydrogen-bond donors (Lipinski definition) is 0. The van der Waals surface area contributed by atoms with Gasteiger partial charge >= 0.3 is 0 Å². The van der Waals surface area contributed by atoms with Gasteiger partial charge < -0.3 is 0 Å². The van der Waals surface area contributed by atoms with Crippen LogP contribution in [0, 0.1) is 56.5 Å². The van der Waals surface area contributed by atoms with Crippen LogP contribution in [0.4, 0.5) is 0 Å². The van der Waals surface area contributed by atoms with Gasteiger partial charge in [0.1, 0.15) is 0 Å². The molecule has 0 aromatic rings. The molecule has 0 aliphatic heterocycles. The van der Waals surface area contributed by atoms with Gasteiger partial charge in [-0.15, -0.1) is 11.6 Å². The summed E-state index contributed by atoms with van der Waals surface area (Å²) < 4.78 is 0. The molecule has 0 aromatic carbocycles. The lowest BCUT2D eigenvalue weighted by atomic mass is 9.46. The molecule has 0 radical (unpaired) electrons. The molecule has 0 unspecified atom stereocenters. The van der Waals surface area contributed by atoms with Crippen LogP contribution in [0.1, 0.15) is 105 Å². The van der Waals surface area contributed by atoms with E-state index in [1.54, 1.807) is 0 Å². The number of halogens is 1. The Morgan fingerprint density at radius 3 is 2.45 bits per heavy atom. The summed E-state index contributed by atoms with van der Waals surface area (Å²) in [6.45, 7) is 12.1. The first kappa shape index (κ1) is 23.6. The predicted molar refractivity (Wildman–Crippen MR) is 129 cm³/mol. The summed E-state index contributed by atoms with van der Waals surface area (Å²) in [6.07, 6.45) is 12.7. The number of rotatable bonds is 6. The Labute approximate surface area is 194 Å². The molecular weight excluding hydrogens is 406 g/mol. The van der Waals surface area contributed by atoms with Gasteiger partial charge in [-0.05, 0) is 91.3 Å². The van der Waals surface area contributed by atoms with E-state index in [2.05, 4.69) is 34.6 Å². The summed E-state index contributed by atoms with van der Waals surface area (Å²) >= 11 is 6.51. The number of fused-ring (bicyclic) bond motifs is 5. The van der Waals surface area contributed by atoms with Gasteiger partial charge in [-0.3, -0.25) is 10.1 Å². The van der Waals surface area contributed by atoms with Gasteiger partial charge in [0.15, 0.2) is 0 Å². The number of hydrogen-bond acceptors (Lipinski definition) is 2. The minimum Gasteiger partial charge on any atom is -0.259 e. The molecule has 4 aliphatic carbocycles. The molecule has 176 valence electrons. The van der Waals surface area contributed by atoms with Crippen molar-refractivity contribution in [1.29, 1.82) is 0 Å². The van der Waals surface area contributed by atoms with Crippen molar-refractivity contribution in [1.82, 2.24) is 0 Å². The van der Waals surface area contributed by atoms with Crippen molar-refractivity contribution in [2.75, 3.05) is 0 Å². The Hall–Kier alpha value is -0.570. The Balaban J connectivity index is 1.59. The molecule has 8 atom stereocenters. The Bertz CT molecular complexity index is 733. The van der Waals surface area contributed by atoms with Crippen molar-refractivity contribution in [3.8, 4) is 0 Å². The Kier molecular flexibility index (Phi) is 6.58. The molecule has 0 saturated heterocycles. The molecule has 31 heavy (non-hydrogen) atoms. The predicted octanol–water partition coefficient (Wildman–Crippen LogP) is 8.24. The van der Waals surface area contributed by atoms with E-state index in [4.69, 9.17) is 11.6 Å². The quantitative estimate of drug-likeness (QED) is 0.232. The Morgan fingerprint density at radius 1 is 1.03 bits per heavy atom. The molecule has 3 fully saturated rings. The average Bonchev–Trinajstić information content (AvgIpc) is 3.05. The van der Waals surface area contributed by atoms with Gasteiger partial charge in [0.25, 0.3) is 0 Å². The van der Waals surface area contributed by atoms with Gasteiger partial charge in [0, 0.05) is 17.4 Å². The standard InChI is InChI=1S/C27H44ClNO2/c1-17(2)7-6-8-18(3)21-9-10-22-20-16-25(29(30)31)24-15-19(28)11-13-27(24,5)23(20)12-14-26(21,22)4/h17-23H,6-16H2,1-5H3/t18-,19-,20+,21+,22-,23+,26+,27+/m0/s1. The molecule has 0 aromatic heterocycles. The van der Waals surface area contributed by atoms with Crippen LogP contribution in [0.2, 0.25) is 0 Å². The number of alkyl halides is 1.